The number of hydrogen-bond acceptors (Lipinski definition) is 7. The van der Waals surface area contributed by atoms with E-state index in [9.17, 15) is 0 Å². The molecule has 0 N–H and O–H groups in total. The predicted octanol–water partition coefficient (Wildman–Crippen LogP) is 2.75. The number of tetrazole rings is 1. The molecule has 0 atom stereocenters. The van der Waals surface area contributed by atoms with E-state index in [0.29, 0.717) is 0 Å². The summed E-state index contributed by atoms with van der Waals surface area (Å²) in [6.07, 6.45) is 6.65. The highest BCUT2D eigenvalue weighted by Gasteiger charge is 2.22. The molecule has 0 amide bonds. The number of pyridine rings is 1. The Bertz CT molecular complexity index is 860. The van der Waals surface area contributed by atoms with E-state index in [0.717, 1.165) is 46.5 Å². The summed E-state index contributed by atoms with van der Waals surface area (Å²) in [5, 5.41) is 13.7. The topological polar surface area (TPSA) is 82.3 Å². The van der Waals surface area contributed by atoms with Gasteiger partial charge in [0.05, 0.1) is 6.04 Å². The summed E-state index contributed by atoms with van der Waals surface area (Å²) < 4.78 is 1.82. The zero-order chi connectivity index (χ0) is 16.5. The fraction of sp³-hybridized carbons (Fsp3) is 0.375. The second-order valence-electron chi connectivity index (χ2n) is 5.97. The van der Waals surface area contributed by atoms with E-state index in [-0.39, 0.29) is 6.04 Å². The summed E-state index contributed by atoms with van der Waals surface area (Å²) >= 11 is 1.52. The van der Waals surface area contributed by atoms with Gasteiger partial charge >= 0.3 is 0 Å². The molecule has 0 spiro atoms. The smallest absolute Gasteiger partial charge is 0.215 e. The van der Waals surface area contributed by atoms with Gasteiger partial charge in [-0.2, -0.15) is 0 Å². The molecule has 7 nitrogen and oxygen atoms in total. The molecular formula is C16H17N7S. The SMILES string of the molecule is CC(C)n1nnnc1Sc1nc(-c2ccncc2)nc2c1CCC2. The maximum atomic E-state index is 4.81. The van der Waals surface area contributed by atoms with Crippen molar-refractivity contribution in [3.05, 3.63) is 35.8 Å². The minimum atomic E-state index is 0.206. The van der Waals surface area contributed by atoms with Gasteiger partial charge in [-0.3, -0.25) is 4.98 Å². The summed E-state index contributed by atoms with van der Waals surface area (Å²) in [6, 6.07) is 4.07. The Morgan fingerprint density at radius 2 is 1.96 bits per heavy atom. The van der Waals surface area contributed by atoms with Gasteiger partial charge in [-0.25, -0.2) is 14.6 Å². The molecule has 1 aliphatic carbocycles. The van der Waals surface area contributed by atoms with Crippen LogP contribution in [0.1, 0.15) is 37.6 Å². The molecule has 24 heavy (non-hydrogen) atoms. The molecule has 0 unspecified atom stereocenters. The van der Waals surface area contributed by atoms with Crippen molar-refractivity contribution in [2.75, 3.05) is 0 Å². The first kappa shape index (κ1) is 15.2. The Balaban J connectivity index is 1.77. The Morgan fingerprint density at radius 3 is 2.75 bits per heavy atom. The third-order valence-electron chi connectivity index (χ3n) is 3.97. The number of aromatic nitrogens is 7. The maximum absolute atomic E-state index is 4.81. The summed E-state index contributed by atoms with van der Waals surface area (Å²) in [7, 11) is 0. The van der Waals surface area contributed by atoms with Crippen molar-refractivity contribution >= 4 is 11.8 Å². The highest BCUT2D eigenvalue weighted by molar-refractivity contribution is 7.99. The lowest BCUT2D eigenvalue weighted by Gasteiger charge is -2.11. The van der Waals surface area contributed by atoms with Crippen molar-refractivity contribution in [1.29, 1.82) is 0 Å². The number of rotatable bonds is 4. The van der Waals surface area contributed by atoms with Crippen molar-refractivity contribution in [1.82, 2.24) is 35.2 Å². The summed E-state index contributed by atoms with van der Waals surface area (Å²) in [6.45, 7) is 4.13. The lowest BCUT2D eigenvalue weighted by molar-refractivity contribution is 0.477. The zero-order valence-electron chi connectivity index (χ0n) is 13.5. The van der Waals surface area contributed by atoms with Crippen LogP contribution in [0.5, 0.6) is 0 Å². The van der Waals surface area contributed by atoms with Gasteiger partial charge in [-0.1, -0.05) is 0 Å². The molecule has 122 valence electrons. The Morgan fingerprint density at radius 1 is 1.12 bits per heavy atom. The third-order valence-corrected chi connectivity index (χ3v) is 4.96. The van der Waals surface area contributed by atoms with Crippen LogP contribution in [0, 0.1) is 0 Å². The fourth-order valence-corrected chi connectivity index (χ4v) is 3.84. The van der Waals surface area contributed by atoms with Gasteiger partial charge in [0.1, 0.15) is 5.03 Å². The van der Waals surface area contributed by atoms with Gasteiger partial charge in [-0.15, -0.1) is 5.10 Å². The molecule has 0 radical (unpaired) electrons. The van der Waals surface area contributed by atoms with E-state index in [1.165, 1.54) is 17.3 Å². The maximum Gasteiger partial charge on any atom is 0.215 e. The fourth-order valence-electron chi connectivity index (χ4n) is 2.78. The molecule has 4 rings (SSSR count). The van der Waals surface area contributed by atoms with Crippen molar-refractivity contribution in [2.24, 2.45) is 0 Å². The number of nitrogens with zero attached hydrogens (tertiary/aromatic N) is 7. The lowest BCUT2D eigenvalue weighted by Crippen LogP contribution is -2.06. The van der Waals surface area contributed by atoms with Crippen LogP contribution < -0.4 is 0 Å². The first-order valence-corrected chi connectivity index (χ1v) is 8.80. The van der Waals surface area contributed by atoms with E-state index < -0.39 is 0 Å². The summed E-state index contributed by atoms with van der Waals surface area (Å²) in [4.78, 5) is 13.6. The predicted molar refractivity (Wildman–Crippen MR) is 89.6 cm³/mol. The Labute approximate surface area is 143 Å². The third kappa shape index (κ3) is 2.77. The van der Waals surface area contributed by atoms with Crippen molar-refractivity contribution in [3.8, 4) is 11.4 Å². The number of aryl methyl sites for hydroxylation is 1. The van der Waals surface area contributed by atoms with Gasteiger partial charge in [-0.05, 0) is 67.4 Å². The van der Waals surface area contributed by atoms with Crippen LogP contribution in [-0.4, -0.2) is 35.2 Å². The quantitative estimate of drug-likeness (QED) is 0.676. The molecule has 3 aromatic heterocycles. The van der Waals surface area contributed by atoms with Crippen LogP contribution in [0.25, 0.3) is 11.4 Å². The van der Waals surface area contributed by atoms with Crippen LogP contribution in [0.4, 0.5) is 0 Å². The molecular weight excluding hydrogens is 322 g/mol. The molecule has 3 aromatic rings. The molecule has 8 heteroatoms. The Kier molecular flexibility index (Phi) is 3.97. The van der Waals surface area contributed by atoms with Crippen molar-refractivity contribution < 1.29 is 0 Å². The van der Waals surface area contributed by atoms with Gasteiger partial charge in [0.2, 0.25) is 5.16 Å². The average Bonchev–Trinajstić information content (AvgIpc) is 3.24. The second kappa shape index (κ2) is 6.27. The van der Waals surface area contributed by atoms with Crippen LogP contribution in [-0.2, 0) is 12.8 Å². The van der Waals surface area contributed by atoms with Crippen LogP contribution in [0.3, 0.4) is 0 Å². The molecule has 3 heterocycles. The van der Waals surface area contributed by atoms with E-state index in [1.807, 2.05) is 16.8 Å². The molecule has 0 saturated carbocycles. The minimum absolute atomic E-state index is 0.206. The largest absolute Gasteiger partial charge is 0.265 e. The highest BCUT2D eigenvalue weighted by Crippen LogP contribution is 2.35. The van der Waals surface area contributed by atoms with Gasteiger partial charge < -0.3 is 0 Å². The minimum Gasteiger partial charge on any atom is -0.265 e. The monoisotopic (exact) mass is 339 g/mol. The van der Waals surface area contributed by atoms with Gasteiger partial charge in [0, 0.05) is 29.2 Å². The van der Waals surface area contributed by atoms with E-state index in [4.69, 9.17) is 9.97 Å². The first-order valence-electron chi connectivity index (χ1n) is 7.98. The van der Waals surface area contributed by atoms with E-state index in [2.05, 4.69) is 34.4 Å². The van der Waals surface area contributed by atoms with Crippen LogP contribution in [0.15, 0.2) is 34.7 Å². The van der Waals surface area contributed by atoms with Crippen molar-refractivity contribution in [3.63, 3.8) is 0 Å². The standard InChI is InChI=1S/C16H17N7S/c1-10(2)23-16(20-21-22-23)24-15-12-4-3-5-13(12)18-14(19-15)11-6-8-17-9-7-11/h6-10H,3-5H2,1-2H3. The molecule has 1 aliphatic rings. The number of fused-ring (bicyclic) bond motifs is 1. The van der Waals surface area contributed by atoms with Crippen LogP contribution in [0.2, 0.25) is 0 Å². The zero-order valence-corrected chi connectivity index (χ0v) is 14.4. The lowest BCUT2D eigenvalue weighted by atomic mass is 10.2. The molecule has 0 aliphatic heterocycles. The summed E-state index contributed by atoms with van der Waals surface area (Å²) in [5.74, 6) is 0.740. The molecule has 0 saturated heterocycles. The second-order valence-corrected chi connectivity index (χ2v) is 6.92. The van der Waals surface area contributed by atoms with Gasteiger partial charge in [0.15, 0.2) is 5.82 Å². The first-order chi connectivity index (χ1) is 11.7. The van der Waals surface area contributed by atoms with E-state index in [1.54, 1.807) is 12.4 Å². The summed E-state index contributed by atoms with van der Waals surface area (Å²) in [5.41, 5.74) is 3.35. The average molecular weight is 339 g/mol. The van der Waals surface area contributed by atoms with Gasteiger partial charge in [0.25, 0.3) is 0 Å². The Hall–Kier alpha value is -2.35. The van der Waals surface area contributed by atoms with E-state index >= 15 is 0 Å². The molecule has 0 fully saturated rings. The van der Waals surface area contributed by atoms with Crippen molar-refractivity contribution in [2.45, 2.75) is 49.3 Å². The van der Waals surface area contributed by atoms with Crippen LogP contribution >= 0.6 is 11.8 Å². The molecule has 0 aromatic carbocycles. The highest BCUT2D eigenvalue weighted by atomic mass is 32.2. The normalized spacial score (nSPS) is 13.5. The molecule has 0 bridgehead atoms. The number of hydrogen-bond donors (Lipinski definition) is 0.